The SMILES string of the molecule is OCC1(CC2CCCC2)CC2CC2C1. The van der Waals surface area contributed by atoms with Gasteiger partial charge >= 0.3 is 0 Å². The Morgan fingerprint density at radius 1 is 1.07 bits per heavy atom. The smallest absolute Gasteiger partial charge is 0.0487 e. The first-order valence-corrected chi connectivity index (χ1v) is 6.42. The summed E-state index contributed by atoms with van der Waals surface area (Å²) in [5.74, 6) is 2.99. The Hall–Kier alpha value is -0.0400. The quantitative estimate of drug-likeness (QED) is 0.732. The first-order valence-electron chi connectivity index (χ1n) is 6.42. The summed E-state index contributed by atoms with van der Waals surface area (Å²) in [6.45, 7) is 0.469. The summed E-state index contributed by atoms with van der Waals surface area (Å²) in [5.41, 5.74) is 0.378. The Labute approximate surface area is 86.9 Å². The molecule has 0 aromatic carbocycles. The van der Waals surface area contributed by atoms with E-state index in [2.05, 4.69) is 0 Å². The number of hydrogen-bond donors (Lipinski definition) is 1. The van der Waals surface area contributed by atoms with Crippen LogP contribution in [0, 0.1) is 23.2 Å². The van der Waals surface area contributed by atoms with Gasteiger partial charge in [0.25, 0.3) is 0 Å². The lowest BCUT2D eigenvalue weighted by molar-refractivity contribution is 0.0891. The maximum absolute atomic E-state index is 9.62. The molecule has 2 unspecified atom stereocenters. The Balaban J connectivity index is 1.62. The molecule has 0 aromatic rings. The molecule has 1 N–H and O–H groups in total. The highest BCUT2D eigenvalue weighted by Crippen LogP contribution is 2.62. The average Bonchev–Trinajstić information content (AvgIpc) is 2.68. The summed E-state index contributed by atoms with van der Waals surface area (Å²) in [6, 6.07) is 0. The summed E-state index contributed by atoms with van der Waals surface area (Å²) in [6.07, 6.45) is 11.3. The number of aliphatic hydroxyl groups excluding tert-OH is 1. The van der Waals surface area contributed by atoms with Gasteiger partial charge in [-0.2, -0.15) is 0 Å². The maximum atomic E-state index is 9.62. The Bertz CT molecular complexity index is 207. The number of fused-ring (bicyclic) bond motifs is 1. The molecular weight excluding hydrogens is 172 g/mol. The third-order valence-electron chi connectivity index (χ3n) is 4.99. The highest BCUT2D eigenvalue weighted by atomic mass is 16.3. The fraction of sp³-hybridized carbons (Fsp3) is 1.00. The van der Waals surface area contributed by atoms with Crippen LogP contribution in [0.15, 0.2) is 0 Å². The van der Waals surface area contributed by atoms with Gasteiger partial charge in [0.1, 0.15) is 0 Å². The molecule has 80 valence electrons. The van der Waals surface area contributed by atoms with E-state index < -0.39 is 0 Å². The zero-order chi connectivity index (χ0) is 9.60. The fourth-order valence-electron chi connectivity index (χ4n) is 4.19. The summed E-state index contributed by atoms with van der Waals surface area (Å²) in [7, 11) is 0. The summed E-state index contributed by atoms with van der Waals surface area (Å²) in [5, 5.41) is 9.62. The van der Waals surface area contributed by atoms with Crippen molar-refractivity contribution in [2.24, 2.45) is 23.2 Å². The molecule has 3 aliphatic carbocycles. The van der Waals surface area contributed by atoms with Crippen LogP contribution >= 0.6 is 0 Å². The molecular formula is C13H22O. The zero-order valence-electron chi connectivity index (χ0n) is 9.04. The van der Waals surface area contributed by atoms with E-state index >= 15 is 0 Å². The van der Waals surface area contributed by atoms with Gasteiger partial charge in [0.15, 0.2) is 0 Å². The monoisotopic (exact) mass is 194 g/mol. The molecule has 1 nitrogen and oxygen atoms in total. The number of aliphatic hydroxyl groups is 1. The van der Waals surface area contributed by atoms with Crippen molar-refractivity contribution in [1.82, 2.24) is 0 Å². The topological polar surface area (TPSA) is 20.2 Å². The van der Waals surface area contributed by atoms with E-state index in [-0.39, 0.29) is 0 Å². The van der Waals surface area contributed by atoms with Gasteiger partial charge in [-0.25, -0.2) is 0 Å². The van der Waals surface area contributed by atoms with Crippen molar-refractivity contribution >= 4 is 0 Å². The van der Waals surface area contributed by atoms with Crippen LogP contribution in [0.3, 0.4) is 0 Å². The molecule has 0 aromatic heterocycles. The van der Waals surface area contributed by atoms with E-state index in [1.807, 2.05) is 0 Å². The lowest BCUT2D eigenvalue weighted by Gasteiger charge is -2.31. The van der Waals surface area contributed by atoms with Crippen LogP contribution in [-0.4, -0.2) is 11.7 Å². The molecule has 3 fully saturated rings. The molecule has 0 aliphatic heterocycles. The van der Waals surface area contributed by atoms with Crippen LogP contribution in [-0.2, 0) is 0 Å². The second-order valence-electron chi connectivity index (χ2n) is 6.18. The normalized spacial score (nSPS) is 46.9. The number of hydrogen-bond acceptors (Lipinski definition) is 1. The van der Waals surface area contributed by atoms with Crippen molar-refractivity contribution in [2.45, 2.75) is 51.4 Å². The molecule has 14 heavy (non-hydrogen) atoms. The number of rotatable bonds is 3. The first-order chi connectivity index (χ1) is 6.81. The van der Waals surface area contributed by atoms with E-state index in [1.165, 1.54) is 51.4 Å². The predicted molar refractivity (Wildman–Crippen MR) is 56.9 cm³/mol. The highest BCUT2D eigenvalue weighted by molar-refractivity contribution is 5.03. The molecule has 0 amide bonds. The Morgan fingerprint density at radius 3 is 2.29 bits per heavy atom. The van der Waals surface area contributed by atoms with Gasteiger partial charge in [0.2, 0.25) is 0 Å². The van der Waals surface area contributed by atoms with E-state index in [9.17, 15) is 5.11 Å². The van der Waals surface area contributed by atoms with Crippen molar-refractivity contribution < 1.29 is 5.11 Å². The van der Waals surface area contributed by atoms with Gasteiger partial charge in [0.05, 0.1) is 0 Å². The lowest BCUT2D eigenvalue weighted by atomic mass is 9.75. The minimum absolute atomic E-state index is 0.378. The molecule has 3 saturated carbocycles. The molecule has 2 atom stereocenters. The Kier molecular flexibility index (Phi) is 2.12. The molecule has 0 heterocycles. The van der Waals surface area contributed by atoms with Crippen LogP contribution in [0.4, 0.5) is 0 Å². The molecule has 3 rings (SSSR count). The standard InChI is InChI=1S/C13H22O/c14-9-13(6-10-3-1-2-4-10)7-11-5-12(11)8-13/h10-12,14H,1-9H2. The molecule has 0 saturated heterocycles. The van der Waals surface area contributed by atoms with Crippen molar-refractivity contribution in [3.05, 3.63) is 0 Å². The first kappa shape index (κ1) is 9.21. The minimum Gasteiger partial charge on any atom is -0.396 e. The summed E-state index contributed by atoms with van der Waals surface area (Å²) < 4.78 is 0. The van der Waals surface area contributed by atoms with Gasteiger partial charge < -0.3 is 5.11 Å². The van der Waals surface area contributed by atoms with E-state index in [0.29, 0.717) is 12.0 Å². The van der Waals surface area contributed by atoms with Gasteiger partial charge in [0, 0.05) is 6.61 Å². The van der Waals surface area contributed by atoms with E-state index in [4.69, 9.17) is 0 Å². The van der Waals surface area contributed by atoms with Gasteiger partial charge in [-0.3, -0.25) is 0 Å². The third-order valence-corrected chi connectivity index (χ3v) is 4.99. The predicted octanol–water partition coefficient (Wildman–Crippen LogP) is 2.98. The van der Waals surface area contributed by atoms with Crippen LogP contribution in [0.2, 0.25) is 0 Å². The average molecular weight is 194 g/mol. The van der Waals surface area contributed by atoms with Crippen LogP contribution < -0.4 is 0 Å². The second kappa shape index (κ2) is 3.23. The minimum atomic E-state index is 0.378. The van der Waals surface area contributed by atoms with Crippen LogP contribution in [0.1, 0.15) is 51.4 Å². The highest BCUT2D eigenvalue weighted by Gasteiger charge is 2.53. The molecule has 0 bridgehead atoms. The van der Waals surface area contributed by atoms with Crippen LogP contribution in [0.5, 0.6) is 0 Å². The maximum Gasteiger partial charge on any atom is 0.0487 e. The van der Waals surface area contributed by atoms with E-state index in [0.717, 1.165) is 17.8 Å². The summed E-state index contributed by atoms with van der Waals surface area (Å²) in [4.78, 5) is 0. The Morgan fingerprint density at radius 2 is 1.71 bits per heavy atom. The molecule has 0 radical (unpaired) electrons. The van der Waals surface area contributed by atoms with Gasteiger partial charge in [-0.1, -0.05) is 25.7 Å². The van der Waals surface area contributed by atoms with Crippen molar-refractivity contribution in [1.29, 1.82) is 0 Å². The van der Waals surface area contributed by atoms with Crippen molar-refractivity contribution in [3.8, 4) is 0 Å². The van der Waals surface area contributed by atoms with Crippen LogP contribution in [0.25, 0.3) is 0 Å². The molecule has 0 spiro atoms. The van der Waals surface area contributed by atoms with Crippen molar-refractivity contribution in [2.75, 3.05) is 6.61 Å². The molecule has 3 aliphatic rings. The lowest BCUT2D eigenvalue weighted by Crippen LogP contribution is -2.26. The summed E-state index contributed by atoms with van der Waals surface area (Å²) >= 11 is 0. The van der Waals surface area contributed by atoms with E-state index in [1.54, 1.807) is 0 Å². The molecule has 1 heteroatoms. The second-order valence-corrected chi connectivity index (χ2v) is 6.18. The van der Waals surface area contributed by atoms with Gasteiger partial charge in [-0.15, -0.1) is 0 Å². The fourth-order valence-corrected chi connectivity index (χ4v) is 4.19. The largest absolute Gasteiger partial charge is 0.396 e. The van der Waals surface area contributed by atoms with Crippen molar-refractivity contribution in [3.63, 3.8) is 0 Å². The third kappa shape index (κ3) is 1.50. The zero-order valence-corrected chi connectivity index (χ0v) is 9.04. The van der Waals surface area contributed by atoms with Gasteiger partial charge in [-0.05, 0) is 48.9 Å².